The van der Waals surface area contributed by atoms with E-state index in [1.807, 2.05) is 70.2 Å². The number of unbranched alkanes of at least 4 members (excludes halogenated alkanes) is 2. The molecule has 0 aromatic heterocycles. The average Bonchev–Trinajstić information content (AvgIpc) is 1.25. The molecule has 0 aliphatic carbocycles. The molecule has 1 unspecified atom stereocenters. The van der Waals surface area contributed by atoms with Crippen molar-refractivity contribution >= 4 is 69.3 Å². The lowest BCUT2D eigenvalue weighted by Gasteiger charge is -2.37. The van der Waals surface area contributed by atoms with E-state index < -0.39 is 116 Å². The molecule has 1 heterocycles. The number of rotatable bonds is 30. The molecule has 0 spiro atoms. The Morgan fingerprint density at radius 1 is 0.628 bits per heavy atom. The van der Waals surface area contributed by atoms with E-state index in [1.54, 1.807) is 113 Å². The van der Waals surface area contributed by atoms with Gasteiger partial charge in [-0.05, 0) is 173 Å². The third kappa shape index (κ3) is 23.0. The molecule has 94 heavy (non-hydrogen) atoms. The first-order chi connectivity index (χ1) is 43.7. The molecule has 516 valence electrons. The Morgan fingerprint density at radius 3 is 1.72 bits per heavy atom. The molecule has 1 aliphatic rings. The monoisotopic (exact) mass is 1340 g/mol. The molecule has 4 aromatic rings. The molecular weight excluding hydrogens is 1240 g/mol. The van der Waals surface area contributed by atoms with Crippen molar-refractivity contribution in [3.8, 4) is 5.75 Å². The number of aliphatic imine (C=N–C) groups is 1. The van der Waals surface area contributed by atoms with Gasteiger partial charge in [-0.3, -0.25) is 24.2 Å². The summed E-state index contributed by atoms with van der Waals surface area (Å²) in [6, 6.07) is 21.1. The van der Waals surface area contributed by atoms with Gasteiger partial charge in [-0.2, -0.15) is 0 Å². The zero-order valence-electron chi connectivity index (χ0n) is 57.7. The van der Waals surface area contributed by atoms with E-state index >= 15 is 9.59 Å². The van der Waals surface area contributed by atoms with Gasteiger partial charge in [0, 0.05) is 77.7 Å². The number of ether oxygens (including phenoxy) is 5. The van der Waals surface area contributed by atoms with Gasteiger partial charge >= 0.3 is 24.2 Å². The van der Waals surface area contributed by atoms with E-state index in [9.17, 15) is 32.4 Å². The van der Waals surface area contributed by atoms with Gasteiger partial charge in [-0.25, -0.2) is 27.5 Å². The number of nitrogens with two attached hydrogens (primary N) is 1. The van der Waals surface area contributed by atoms with Gasteiger partial charge in [0.2, 0.25) is 11.9 Å². The summed E-state index contributed by atoms with van der Waals surface area (Å²) in [6.07, 6.45) is -0.904. The normalized spacial score (nSPS) is 15.1. The first-order valence-electron chi connectivity index (χ1n) is 32.3. The first-order valence-corrected chi connectivity index (χ1v) is 34.1. The number of amides is 4. The number of alkyl carbamates (subject to hydrolysis) is 3. The number of sulfonamides is 1. The zero-order valence-corrected chi connectivity index (χ0v) is 59.3. The number of benzene rings is 4. The van der Waals surface area contributed by atoms with E-state index in [1.165, 1.54) is 6.92 Å². The molecule has 5 atom stereocenters. The number of nitrogens with zero attached hydrogens (tertiary/aromatic N) is 1. The van der Waals surface area contributed by atoms with Crippen LogP contribution in [0.2, 0.25) is 5.02 Å². The van der Waals surface area contributed by atoms with Crippen LogP contribution in [0.5, 0.6) is 5.75 Å². The molecular formula is C71H100ClN7O14S. The Labute approximate surface area is 560 Å². The van der Waals surface area contributed by atoms with E-state index in [2.05, 4.69) is 31.0 Å². The minimum Gasteiger partial charge on any atom is -0.487 e. The van der Waals surface area contributed by atoms with Crippen LogP contribution in [0.1, 0.15) is 192 Å². The topological polar surface area (TPSA) is 298 Å². The van der Waals surface area contributed by atoms with Crippen molar-refractivity contribution < 1.29 is 65.7 Å². The summed E-state index contributed by atoms with van der Waals surface area (Å²) >= 11 is 7.11. The molecule has 23 heteroatoms. The fraction of sp³-hybridized carbons (Fsp3) is 0.549. The van der Waals surface area contributed by atoms with Gasteiger partial charge in [0.25, 0.3) is 10.0 Å². The third-order valence-electron chi connectivity index (χ3n) is 15.7. The van der Waals surface area contributed by atoms with Crippen LogP contribution in [0.25, 0.3) is 0 Å². The number of hydrogen-bond donors (Lipinski definition) is 6. The minimum absolute atomic E-state index is 0.0178. The Kier molecular flexibility index (Phi) is 27.1. The van der Waals surface area contributed by atoms with Crippen molar-refractivity contribution in [1.29, 1.82) is 0 Å². The second-order valence-electron chi connectivity index (χ2n) is 27.9. The number of Topliss-reactive ketones (excluding diaryl/α,β-unsaturated/α-hetero) is 2. The van der Waals surface area contributed by atoms with Gasteiger partial charge in [0.15, 0.2) is 17.2 Å². The van der Waals surface area contributed by atoms with Gasteiger partial charge in [-0.15, -0.1) is 0 Å². The summed E-state index contributed by atoms with van der Waals surface area (Å²) in [4.78, 5) is 102. The van der Waals surface area contributed by atoms with Gasteiger partial charge in [0.1, 0.15) is 28.2 Å². The van der Waals surface area contributed by atoms with E-state index in [0.717, 1.165) is 16.7 Å². The molecule has 4 aromatic carbocycles. The SMILES string of the molecule is Cc1ccc(C(OC(=O)[C@H](CCCN=C(N)NS(=O)(=O)c2c(C)c(C)c3c(c2C)OC(C)(C)C3)CC(=O)[C@H](CCCCNC(=O)OC(C)(C)C)NC(=O)[C@H](CCCCNC(=O)OC(C)(C)C)CC(=O)[C@H](C)NC(=O)OC(C)(C)C)(c2ccccc2)c2ccccc2Cl)cc1. The maximum absolute atomic E-state index is 15.7. The van der Waals surface area contributed by atoms with Crippen LogP contribution in [0.4, 0.5) is 14.4 Å². The molecule has 21 nitrogen and oxygen atoms in total. The van der Waals surface area contributed by atoms with Gasteiger partial charge < -0.3 is 50.7 Å². The summed E-state index contributed by atoms with van der Waals surface area (Å²) in [5.74, 6) is -4.77. The van der Waals surface area contributed by atoms with Crippen molar-refractivity contribution in [3.63, 3.8) is 0 Å². The largest absolute Gasteiger partial charge is 0.487 e. The fourth-order valence-electron chi connectivity index (χ4n) is 11.1. The predicted octanol–water partition coefficient (Wildman–Crippen LogP) is 12.1. The highest BCUT2D eigenvalue weighted by atomic mass is 35.5. The van der Waals surface area contributed by atoms with Crippen molar-refractivity contribution in [2.24, 2.45) is 22.6 Å². The highest BCUT2D eigenvalue weighted by molar-refractivity contribution is 7.90. The van der Waals surface area contributed by atoms with Crippen LogP contribution in [0.3, 0.4) is 0 Å². The maximum atomic E-state index is 15.7. The molecule has 0 saturated carbocycles. The predicted molar refractivity (Wildman–Crippen MR) is 363 cm³/mol. The van der Waals surface area contributed by atoms with Crippen LogP contribution in [0, 0.1) is 39.5 Å². The smallest absolute Gasteiger partial charge is 0.408 e. The van der Waals surface area contributed by atoms with E-state index in [0.29, 0.717) is 59.3 Å². The van der Waals surface area contributed by atoms with Crippen LogP contribution in [0.15, 0.2) is 88.8 Å². The van der Waals surface area contributed by atoms with Gasteiger partial charge in [-0.1, -0.05) is 96.4 Å². The van der Waals surface area contributed by atoms with Crippen molar-refractivity contribution in [3.05, 3.63) is 128 Å². The summed E-state index contributed by atoms with van der Waals surface area (Å²) in [5.41, 5.74) is 6.90. The third-order valence-corrected chi connectivity index (χ3v) is 17.7. The highest BCUT2D eigenvalue weighted by Gasteiger charge is 2.45. The lowest BCUT2D eigenvalue weighted by Crippen LogP contribution is -2.47. The molecule has 0 saturated heterocycles. The summed E-state index contributed by atoms with van der Waals surface area (Å²) < 4.78 is 60.2. The number of guanidine groups is 1. The Bertz CT molecular complexity index is 3470. The number of aryl methyl sites for hydroxylation is 1. The number of hydrogen-bond acceptors (Lipinski definition) is 15. The lowest BCUT2D eigenvalue weighted by molar-refractivity contribution is -0.160. The Morgan fingerprint density at radius 2 is 1.15 bits per heavy atom. The van der Waals surface area contributed by atoms with E-state index in [4.69, 9.17) is 41.0 Å². The maximum Gasteiger partial charge on any atom is 0.408 e. The fourth-order valence-corrected chi connectivity index (χ4v) is 12.9. The van der Waals surface area contributed by atoms with Crippen LogP contribution < -0.4 is 36.5 Å². The number of halogens is 1. The molecule has 0 bridgehead atoms. The summed E-state index contributed by atoms with van der Waals surface area (Å²) in [5, 5.41) is 11.2. The average molecular weight is 1340 g/mol. The van der Waals surface area contributed by atoms with Crippen LogP contribution >= 0.6 is 11.6 Å². The van der Waals surface area contributed by atoms with Crippen LogP contribution in [-0.2, 0) is 60.2 Å². The number of fused-ring (bicyclic) bond motifs is 1. The highest BCUT2D eigenvalue weighted by Crippen LogP contribution is 2.46. The first kappa shape index (κ1) is 77.0. The number of carbonyl (C=O) groups is 7. The standard InChI is InChI=1S/C71H100ClN7O14S/c1-44-34-36-52(37-35-44)71(51-29-18-17-19-30-51,54-31-20-21-32-55(54)72)90-62(83)50(28-26-40-74-63(73)79-94(87,88)60-46(3)45(2)53-43-70(15,16)89-59(53)47(60)4)42-58(81)56(33-23-25-39-76-65(85)92-68(9,10)11)78-61(82)49(27-22-24-38-75-64(84)91-67(6,7)8)41-57(80)48(5)77-66(86)93-69(12,13)14/h17-21,29-32,34-37,48-50,56H,22-28,33,38-43H2,1-16H3,(H,75,84)(H,76,85)(H,77,86)(H,78,82)(H3,73,74,79)/t48-,49+,50+,56-,71?/m0/s1. The molecule has 7 N–H and O–H groups in total. The second kappa shape index (κ2) is 33.1. The molecule has 5 rings (SSSR count). The lowest BCUT2D eigenvalue weighted by atomic mass is 9.79. The summed E-state index contributed by atoms with van der Waals surface area (Å²) in [6.45, 7) is 28.2. The van der Waals surface area contributed by atoms with Crippen molar-refractivity contribution in [2.75, 3.05) is 19.6 Å². The minimum atomic E-state index is -4.32. The zero-order chi connectivity index (χ0) is 70.1. The van der Waals surface area contributed by atoms with Crippen molar-refractivity contribution in [2.45, 2.75) is 226 Å². The van der Waals surface area contributed by atoms with Gasteiger partial charge in [0.05, 0.1) is 22.9 Å². The number of esters is 1. The summed E-state index contributed by atoms with van der Waals surface area (Å²) in [7, 11) is -4.32. The number of carbonyl (C=O) groups excluding carboxylic acids is 7. The molecule has 1 aliphatic heterocycles. The number of ketones is 2. The molecule has 0 fully saturated rings. The van der Waals surface area contributed by atoms with E-state index in [-0.39, 0.29) is 68.1 Å². The Hall–Kier alpha value is -7.72. The quantitative estimate of drug-likeness (QED) is 0.00706. The van der Waals surface area contributed by atoms with Crippen LogP contribution in [-0.4, -0.2) is 110 Å². The molecule has 4 amide bonds. The second-order valence-corrected chi connectivity index (χ2v) is 29.9. The Balaban J connectivity index is 1.55. The van der Waals surface area contributed by atoms with Crippen molar-refractivity contribution in [1.82, 2.24) is 26.0 Å². The molecule has 0 radical (unpaired) electrons. The number of nitrogens with one attached hydrogen (secondary N) is 5.